The van der Waals surface area contributed by atoms with E-state index in [1.165, 1.54) is 0 Å². The van der Waals surface area contributed by atoms with E-state index in [1.807, 2.05) is 49.3 Å². The largest absolute Gasteiger partial charge is 0.465 e. The molecule has 0 radical (unpaired) electrons. The fourth-order valence-corrected chi connectivity index (χ4v) is 1.59. The lowest BCUT2D eigenvalue weighted by atomic mass is 10.0. The summed E-state index contributed by atoms with van der Waals surface area (Å²) in [5.41, 5.74) is 2.04. The predicted octanol–water partition coefficient (Wildman–Crippen LogP) is 2.00. The van der Waals surface area contributed by atoms with Crippen LogP contribution in [0.5, 0.6) is 0 Å². The summed E-state index contributed by atoms with van der Waals surface area (Å²) in [5, 5.41) is 8.97. The summed E-state index contributed by atoms with van der Waals surface area (Å²) < 4.78 is 4.86. The van der Waals surface area contributed by atoms with Crippen LogP contribution in [0.2, 0.25) is 0 Å². The average molecular weight is 246 g/mol. The Morgan fingerprint density at radius 2 is 2.00 bits per heavy atom. The van der Waals surface area contributed by atoms with Crippen LogP contribution in [0, 0.1) is 17.2 Å². The van der Waals surface area contributed by atoms with E-state index in [9.17, 15) is 4.79 Å². The van der Waals surface area contributed by atoms with Crippen molar-refractivity contribution in [2.45, 2.75) is 13.3 Å². The monoisotopic (exact) mass is 246 g/mol. The molecule has 0 spiro atoms. The van der Waals surface area contributed by atoms with Crippen LogP contribution in [-0.4, -0.2) is 26.7 Å². The zero-order valence-electron chi connectivity index (χ0n) is 11.0. The highest BCUT2D eigenvalue weighted by molar-refractivity contribution is 5.75. The van der Waals surface area contributed by atoms with Gasteiger partial charge in [-0.15, -0.1) is 0 Å². The van der Waals surface area contributed by atoms with Crippen LogP contribution >= 0.6 is 0 Å². The number of hydrogen-bond acceptors (Lipinski definition) is 4. The number of hydrogen-bond donors (Lipinski definition) is 0. The maximum absolute atomic E-state index is 11.5. The van der Waals surface area contributed by atoms with Gasteiger partial charge in [0.05, 0.1) is 12.7 Å². The van der Waals surface area contributed by atoms with Gasteiger partial charge >= 0.3 is 5.97 Å². The quantitative estimate of drug-likeness (QED) is 0.746. The van der Waals surface area contributed by atoms with Crippen LogP contribution in [0.3, 0.4) is 0 Å². The number of nitriles is 1. The van der Waals surface area contributed by atoms with Crippen molar-refractivity contribution < 1.29 is 9.53 Å². The van der Waals surface area contributed by atoms with Gasteiger partial charge in [0.1, 0.15) is 5.92 Å². The Balaban J connectivity index is 2.71. The van der Waals surface area contributed by atoms with Gasteiger partial charge in [-0.1, -0.05) is 12.1 Å². The minimum Gasteiger partial charge on any atom is -0.465 e. The first-order valence-corrected chi connectivity index (χ1v) is 5.91. The zero-order chi connectivity index (χ0) is 13.5. The second-order valence-electron chi connectivity index (χ2n) is 4.20. The van der Waals surface area contributed by atoms with E-state index in [0.29, 0.717) is 13.0 Å². The van der Waals surface area contributed by atoms with Crippen LogP contribution in [-0.2, 0) is 16.0 Å². The van der Waals surface area contributed by atoms with Crippen molar-refractivity contribution in [3.63, 3.8) is 0 Å². The molecule has 1 unspecified atom stereocenters. The van der Waals surface area contributed by atoms with Crippen molar-refractivity contribution in [3.8, 4) is 6.07 Å². The van der Waals surface area contributed by atoms with Gasteiger partial charge in [0.25, 0.3) is 0 Å². The number of nitrogens with zero attached hydrogens (tertiary/aromatic N) is 2. The molecule has 0 aliphatic rings. The third-order valence-electron chi connectivity index (χ3n) is 2.62. The first kappa shape index (κ1) is 14.0. The number of esters is 1. The lowest BCUT2D eigenvalue weighted by molar-refractivity contribution is -0.145. The summed E-state index contributed by atoms with van der Waals surface area (Å²) in [5.74, 6) is -1.17. The maximum atomic E-state index is 11.5. The SMILES string of the molecule is CCOC(=O)C(C#N)Cc1ccc(N(C)C)cc1. The molecule has 0 saturated carbocycles. The summed E-state index contributed by atoms with van der Waals surface area (Å²) in [4.78, 5) is 13.5. The van der Waals surface area contributed by atoms with Gasteiger partial charge in [-0.25, -0.2) is 0 Å². The summed E-state index contributed by atoms with van der Waals surface area (Å²) in [7, 11) is 3.93. The van der Waals surface area contributed by atoms with Gasteiger partial charge in [-0.2, -0.15) is 5.26 Å². The first-order chi connectivity index (χ1) is 8.58. The second-order valence-corrected chi connectivity index (χ2v) is 4.20. The third kappa shape index (κ3) is 3.77. The minimum atomic E-state index is -0.727. The number of carbonyl (C=O) groups is 1. The molecule has 96 valence electrons. The molecular weight excluding hydrogens is 228 g/mol. The summed E-state index contributed by atoms with van der Waals surface area (Å²) in [6.45, 7) is 2.04. The van der Waals surface area contributed by atoms with Gasteiger partial charge in [0.15, 0.2) is 0 Å². The van der Waals surface area contributed by atoms with E-state index in [0.717, 1.165) is 11.3 Å². The van der Waals surface area contributed by atoms with Crippen molar-refractivity contribution in [1.82, 2.24) is 0 Å². The number of rotatable bonds is 5. The lowest BCUT2D eigenvalue weighted by Gasteiger charge is -2.13. The Morgan fingerprint density at radius 3 is 2.44 bits per heavy atom. The maximum Gasteiger partial charge on any atom is 0.323 e. The Kier molecular flexibility index (Phi) is 5.19. The Hall–Kier alpha value is -2.02. The van der Waals surface area contributed by atoms with Gasteiger partial charge in [-0.3, -0.25) is 4.79 Å². The van der Waals surface area contributed by atoms with Crippen molar-refractivity contribution in [3.05, 3.63) is 29.8 Å². The van der Waals surface area contributed by atoms with Crippen LogP contribution in [0.15, 0.2) is 24.3 Å². The zero-order valence-corrected chi connectivity index (χ0v) is 11.0. The summed E-state index contributed by atoms with van der Waals surface area (Å²) in [6, 6.07) is 9.78. The highest BCUT2D eigenvalue weighted by Gasteiger charge is 2.19. The fraction of sp³-hybridized carbons (Fsp3) is 0.429. The second kappa shape index (κ2) is 6.65. The first-order valence-electron chi connectivity index (χ1n) is 5.91. The predicted molar refractivity (Wildman–Crippen MR) is 70.2 cm³/mol. The topological polar surface area (TPSA) is 53.3 Å². The van der Waals surface area contributed by atoms with E-state index in [-0.39, 0.29) is 0 Å². The minimum absolute atomic E-state index is 0.302. The van der Waals surface area contributed by atoms with E-state index < -0.39 is 11.9 Å². The van der Waals surface area contributed by atoms with E-state index in [2.05, 4.69) is 0 Å². The van der Waals surface area contributed by atoms with Crippen LogP contribution in [0.4, 0.5) is 5.69 Å². The molecule has 1 rings (SSSR count). The molecule has 0 amide bonds. The Bertz CT molecular complexity index is 432. The third-order valence-corrected chi connectivity index (χ3v) is 2.62. The van der Waals surface area contributed by atoms with Gasteiger partial charge in [0, 0.05) is 19.8 Å². The van der Waals surface area contributed by atoms with Gasteiger partial charge < -0.3 is 9.64 Å². The smallest absolute Gasteiger partial charge is 0.323 e. The number of ether oxygens (including phenoxy) is 1. The van der Waals surface area contributed by atoms with Crippen LogP contribution < -0.4 is 4.90 Å². The molecule has 0 aliphatic carbocycles. The Labute approximate surface area is 108 Å². The molecule has 4 nitrogen and oxygen atoms in total. The number of carbonyl (C=O) groups excluding carboxylic acids is 1. The molecule has 18 heavy (non-hydrogen) atoms. The van der Waals surface area contributed by atoms with Crippen LogP contribution in [0.25, 0.3) is 0 Å². The number of benzene rings is 1. The molecule has 0 saturated heterocycles. The summed E-state index contributed by atoms with van der Waals surface area (Å²) in [6.07, 6.45) is 0.392. The van der Waals surface area contributed by atoms with E-state index in [1.54, 1.807) is 6.92 Å². The van der Waals surface area contributed by atoms with Crippen molar-refractivity contribution in [2.24, 2.45) is 5.92 Å². The molecule has 4 heteroatoms. The Morgan fingerprint density at radius 1 is 1.39 bits per heavy atom. The molecule has 0 aromatic heterocycles. The standard InChI is InChI=1S/C14H18N2O2/c1-4-18-14(17)12(10-15)9-11-5-7-13(8-6-11)16(2)3/h5-8,12H,4,9H2,1-3H3. The average Bonchev–Trinajstić information content (AvgIpc) is 2.36. The molecule has 1 atom stereocenters. The van der Waals surface area contributed by atoms with Gasteiger partial charge in [0.2, 0.25) is 0 Å². The molecule has 0 bridgehead atoms. The molecule has 0 N–H and O–H groups in total. The summed E-state index contributed by atoms with van der Waals surface area (Å²) >= 11 is 0. The fourth-order valence-electron chi connectivity index (χ4n) is 1.59. The van der Waals surface area contributed by atoms with E-state index in [4.69, 9.17) is 10.00 Å². The molecular formula is C14H18N2O2. The molecule has 0 fully saturated rings. The van der Waals surface area contributed by atoms with Crippen molar-refractivity contribution in [2.75, 3.05) is 25.6 Å². The number of anilines is 1. The normalized spacial score (nSPS) is 11.4. The highest BCUT2D eigenvalue weighted by atomic mass is 16.5. The molecule has 1 aromatic rings. The molecule has 1 aromatic carbocycles. The molecule has 0 aliphatic heterocycles. The lowest BCUT2D eigenvalue weighted by Crippen LogP contribution is -2.18. The molecule has 0 heterocycles. The van der Waals surface area contributed by atoms with E-state index >= 15 is 0 Å². The highest BCUT2D eigenvalue weighted by Crippen LogP contribution is 2.15. The van der Waals surface area contributed by atoms with Crippen molar-refractivity contribution >= 4 is 11.7 Å². The van der Waals surface area contributed by atoms with Crippen molar-refractivity contribution in [1.29, 1.82) is 5.26 Å². The van der Waals surface area contributed by atoms with Crippen LogP contribution in [0.1, 0.15) is 12.5 Å². The van der Waals surface area contributed by atoms with Gasteiger partial charge in [-0.05, 0) is 31.0 Å².